The molecule has 1 heterocycles. The zero-order valence-corrected chi connectivity index (χ0v) is 20.6. The number of rotatable bonds is 12. The number of benzene rings is 2. The van der Waals surface area contributed by atoms with E-state index in [1.807, 2.05) is 30.3 Å². The summed E-state index contributed by atoms with van der Waals surface area (Å²) >= 11 is 5.22. The Morgan fingerprint density at radius 2 is 1.67 bits per heavy atom. The molecular formula is C27H29N3O5S. The number of para-hydroxylation sites is 1. The summed E-state index contributed by atoms with van der Waals surface area (Å²) in [4.78, 5) is 36.7. The van der Waals surface area contributed by atoms with Crippen molar-refractivity contribution < 1.29 is 23.5 Å². The van der Waals surface area contributed by atoms with Crippen molar-refractivity contribution in [3.63, 3.8) is 0 Å². The van der Waals surface area contributed by atoms with Crippen LogP contribution in [0.1, 0.15) is 47.4 Å². The molecule has 0 saturated heterocycles. The maximum atomic E-state index is 12.6. The maximum Gasteiger partial charge on any atom is 0.305 e. The maximum absolute atomic E-state index is 12.6. The summed E-state index contributed by atoms with van der Waals surface area (Å²) in [7, 11) is 0. The van der Waals surface area contributed by atoms with E-state index >= 15 is 0 Å². The first kappa shape index (κ1) is 26.6. The van der Waals surface area contributed by atoms with Crippen LogP contribution >= 0.6 is 12.2 Å². The number of esters is 1. The second-order valence-corrected chi connectivity index (χ2v) is 8.38. The van der Waals surface area contributed by atoms with Crippen LogP contribution in [0.2, 0.25) is 0 Å². The summed E-state index contributed by atoms with van der Waals surface area (Å²) in [6.45, 7) is 0.596. The summed E-state index contributed by atoms with van der Waals surface area (Å²) in [6, 6.07) is 20.3. The Morgan fingerprint density at radius 1 is 0.889 bits per heavy atom. The van der Waals surface area contributed by atoms with Gasteiger partial charge < -0.3 is 25.1 Å². The smallest absolute Gasteiger partial charge is 0.305 e. The largest absolute Gasteiger partial charge is 0.467 e. The Labute approximate surface area is 215 Å². The van der Waals surface area contributed by atoms with Gasteiger partial charge in [-0.25, -0.2) is 0 Å². The summed E-state index contributed by atoms with van der Waals surface area (Å²) < 4.78 is 10.5. The van der Waals surface area contributed by atoms with Crippen LogP contribution < -0.4 is 16.0 Å². The molecule has 2 amide bonds. The molecule has 9 heteroatoms. The molecule has 0 atom stereocenters. The van der Waals surface area contributed by atoms with Crippen LogP contribution in [0.3, 0.4) is 0 Å². The summed E-state index contributed by atoms with van der Waals surface area (Å²) in [5, 5.41) is 8.30. The van der Waals surface area contributed by atoms with Crippen LogP contribution in [-0.2, 0) is 27.3 Å². The van der Waals surface area contributed by atoms with Gasteiger partial charge in [-0.05, 0) is 61.3 Å². The number of furan rings is 1. The van der Waals surface area contributed by atoms with Crippen molar-refractivity contribution in [2.75, 3.05) is 11.9 Å². The molecular weight excluding hydrogens is 478 g/mol. The van der Waals surface area contributed by atoms with Gasteiger partial charge in [-0.3, -0.25) is 14.4 Å². The minimum Gasteiger partial charge on any atom is -0.467 e. The number of aryl methyl sites for hydroxylation is 1. The Bertz CT molecular complexity index is 1150. The SMILES string of the molecule is O=C(CCCC(=O)OCCCc1ccccc1)NC(=S)Nc1ccccc1C(=O)NCc1ccco1. The zero-order valence-electron chi connectivity index (χ0n) is 19.8. The predicted octanol–water partition coefficient (Wildman–Crippen LogP) is 4.37. The summed E-state index contributed by atoms with van der Waals surface area (Å²) in [5.74, 6) is -0.339. The van der Waals surface area contributed by atoms with Gasteiger partial charge >= 0.3 is 5.97 Å². The van der Waals surface area contributed by atoms with Crippen molar-refractivity contribution >= 4 is 40.8 Å². The number of ether oxygens (including phenoxy) is 1. The molecule has 0 aliphatic heterocycles. The van der Waals surface area contributed by atoms with Gasteiger partial charge in [-0.2, -0.15) is 0 Å². The fraction of sp³-hybridized carbons (Fsp3) is 0.259. The molecule has 2 aromatic carbocycles. The quantitative estimate of drug-likeness (QED) is 0.190. The minimum absolute atomic E-state index is 0.0646. The van der Waals surface area contributed by atoms with E-state index in [1.165, 1.54) is 11.8 Å². The molecule has 8 nitrogen and oxygen atoms in total. The normalized spacial score (nSPS) is 10.3. The van der Waals surface area contributed by atoms with E-state index in [4.69, 9.17) is 21.4 Å². The minimum atomic E-state index is -0.330. The average Bonchev–Trinajstić information content (AvgIpc) is 3.40. The number of nitrogens with one attached hydrogen (secondary N) is 3. The topological polar surface area (TPSA) is 110 Å². The number of hydrogen-bond donors (Lipinski definition) is 3. The molecule has 0 aliphatic rings. The van der Waals surface area contributed by atoms with Gasteiger partial charge in [0.05, 0.1) is 30.7 Å². The van der Waals surface area contributed by atoms with Crippen molar-refractivity contribution in [2.24, 2.45) is 0 Å². The van der Waals surface area contributed by atoms with E-state index in [2.05, 4.69) is 16.0 Å². The standard InChI is InChI=1S/C27H29N3O5S/c31-24(15-6-16-25(32)35-18-7-11-20-9-2-1-3-10-20)30-27(36)29-23-14-5-4-13-22(23)26(33)28-19-21-12-8-17-34-21/h1-5,8-10,12-14,17H,6-7,11,15-16,18-19H2,(H,28,33)(H2,29,30,31,36). The van der Waals surface area contributed by atoms with Crippen LogP contribution in [0, 0.1) is 0 Å². The third-order valence-electron chi connectivity index (χ3n) is 5.18. The molecule has 36 heavy (non-hydrogen) atoms. The number of thiocarbonyl (C=S) groups is 1. The third-order valence-corrected chi connectivity index (χ3v) is 5.38. The van der Waals surface area contributed by atoms with E-state index < -0.39 is 0 Å². The first-order chi connectivity index (χ1) is 17.5. The number of hydrogen-bond acceptors (Lipinski definition) is 6. The molecule has 0 aliphatic carbocycles. The molecule has 1 aromatic heterocycles. The highest BCUT2D eigenvalue weighted by molar-refractivity contribution is 7.80. The molecule has 188 valence electrons. The van der Waals surface area contributed by atoms with Crippen LogP contribution in [0.4, 0.5) is 5.69 Å². The monoisotopic (exact) mass is 507 g/mol. The summed E-state index contributed by atoms with van der Waals surface area (Å²) in [5.41, 5.74) is 2.03. The van der Waals surface area contributed by atoms with Gasteiger partial charge in [0.1, 0.15) is 5.76 Å². The molecule has 0 saturated carbocycles. The Morgan fingerprint density at radius 3 is 2.44 bits per heavy atom. The molecule has 3 rings (SSSR count). The highest BCUT2D eigenvalue weighted by Gasteiger charge is 2.14. The molecule has 0 bridgehead atoms. The van der Waals surface area contributed by atoms with Crippen LogP contribution in [-0.4, -0.2) is 29.5 Å². The van der Waals surface area contributed by atoms with E-state index in [0.717, 1.165) is 12.8 Å². The lowest BCUT2D eigenvalue weighted by atomic mass is 10.1. The second-order valence-electron chi connectivity index (χ2n) is 7.97. The number of anilines is 1. The third kappa shape index (κ3) is 9.34. The lowest BCUT2D eigenvalue weighted by Crippen LogP contribution is -2.35. The van der Waals surface area contributed by atoms with E-state index in [0.29, 0.717) is 30.0 Å². The van der Waals surface area contributed by atoms with Crippen molar-refractivity contribution in [2.45, 2.75) is 38.6 Å². The van der Waals surface area contributed by atoms with Gasteiger partial charge in [0.25, 0.3) is 5.91 Å². The lowest BCUT2D eigenvalue weighted by molar-refractivity contribution is -0.143. The highest BCUT2D eigenvalue weighted by atomic mass is 32.1. The molecule has 0 unspecified atom stereocenters. The fourth-order valence-corrected chi connectivity index (χ4v) is 3.60. The van der Waals surface area contributed by atoms with Crippen LogP contribution in [0.5, 0.6) is 0 Å². The number of carbonyl (C=O) groups is 3. The zero-order chi connectivity index (χ0) is 25.6. The van der Waals surface area contributed by atoms with Crippen molar-refractivity contribution in [3.05, 3.63) is 89.9 Å². The molecule has 0 fully saturated rings. The first-order valence-corrected chi connectivity index (χ1v) is 12.1. The van der Waals surface area contributed by atoms with Gasteiger partial charge in [0.15, 0.2) is 5.11 Å². The summed E-state index contributed by atoms with van der Waals surface area (Å²) in [6.07, 6.45) is 3.74. The molecule has 3 N–H and O–H groups in total. The lowest BCUT2D eigenvalue weighted by Gasteiger charge is -2.13. The predicted molar refractivity (Wildman–Crippen MR) is 140 cm³/mol. The van der Waals surface area contributed by atoms with Gasteiger partial charge in [0, 0.05) is 12.8 Å². The van der Waals surface area contributed by atoms with Crippen molar-refractivity contribution in [1.29, 1.82) is 0 Å². The van der Waals surface area contributed by atoms with E-state index in [-0.39, 0.29) is 42.3 Å². The number of amides is 2. The van der Waals surface area contributed by atoms with Gasteiger partial charge in [-0.1, -0.05) is 42.5 Å². The van der Waals surface area contributed by atoms with Crippen LogP contribution in [0.15, 0.2) is 77.4 Å². The van der Waals surface area contributed by atoms with E-state index in [1.54, 1.807) is 36.4 Å². The molecule has 0 spiro atoms. The second kappa shape index (κ2) is 14.4. The Hall–Kier alpha value is -3.98. The molecule has 3 aromatic rings. The van der Waals surface area contributed by atoms with Gasteiger partial charge in [-0.15, -0.1) is 0 Å². The Balaban J connectivity index is 1.33. The fourth-order valence-electron chi connectivity index (χ4n) is 3.38. The van der Waals surface area contributed by atoms with Crippen molar-refractivity contribution in [3.8, 4) is 0 Å². The first-order valence-electron chi connectivity index (χ1n) is 11.7. The van der Waals surface area contributed by atoms with Gasteiger partial charge in [0.2, 0.25) is 5.91 Å². The van der Waals surface area contributed by atoms with Crippen molar-refractivity contribution in [1.82, 2.24) is 10.6 Å². The average molecular weight is 508 g/mol. The molecule has 0 radical (unpaired) electrons. The van der Waals surface area contributed by atoms with E-state index in [9.17, 15) is 14.4 Å². The number of carbonyl (C=O) groups excluding carboxylic acids is 3. The highest BCUT2D eigenvalue weighted by Crippen LogP contribution is 2.15. The Kier molecular flexibility index (Phi) is 10.7. The van der Waals surface area contributed by atoms with Crippen LogP contribution in [0.25, 0.3) is 0 Å².